The van der Waals surface area contributed by atoms with Crippen LogP contribution >= 0.6 is 11.6 Å². The van der Waals surface area contributed by atoms with E-state index in [0.717, 1.165) is 50.1 Å². The summed E-state index contributed by atoms with van der Waals surface area (Å²) in [5.74, 6) is 1.61. The van der Waals surface area contributed by atoms with Crippen molar-refractivity contribution >= 4 is 17.6 Å². The first-order chi connectivity index (χ1) is 14.7. The monoisotopic (exact) mass is 428 g/mol. The van der Waals surface area contributed by atoms with E-state index in [0.29, 0.717) is 18.0 Å². The quantitative estimate of drug-likeness (QED) is 0.580. The molecule has 6 nitrogen and oxygen atoms in total. The predicted molar refractivity (Wildman–Crippen MR) is 123 cm³/mol. The second-order valence-electron chi connectivity index (χ2n) is 8.53. The molecule has 1 N–H and O–H groups in total. The van der Waals surface area contributed by atoms with Crippen LogP contribution in [0.2, 0.25) is 5.02 Å². The lowest BCUT2D eigenvalue weighted by Gasteiger charge is -2.40. The number of nitrogens with zero attached hydrogens (tertiary/aromatic N) is 5. The lowest BCUT2D eigenvalue weighted by atomic mass is 9.93. The molecule has 1 aromatic heterocycles. The number of likely N-dealkylation sites (tertiary alicyclic amines) is 2. The standard InChI is InChI=1S/C23H33ClN6/c1-18-8-12-29(16-22(18)30-13-9-26-17-30)23(25-2)27-15-21(28-10-3-4-11-28)19-6-5-7-20(24)14-19/h5-7,9,13-14,17-18,21-22H,3-4,8,10-12,15-16H2,1-2H3,(H,25,27). The van der Waals surface area contributed by atoms with E-state index in [9.17, 15) is 0 Å². The third-order valence-corrected chi connectivity index (χ3v) is 6.84. The molecule has 3 unspecified atom stereocenters. The Morgan fingerprint density at radius 2 is 2.13 bits per heavy atom. The van der Waals surface area contributed by atoms with Crippen molar-refractivity contribution < 1.29 is 0 Å². The molecule has 0 spiro atoms. The number of guanidine groups is 1. The molecule has 3 atom stereocenters. The zero-order valence-electron chi connectivity index (χ0n) is 18.0. The van der Waals surface area contributed by atoms with Crippen LogP contribution in [0.5, 0.6) is 0 Å². The van der Waals surface area contributed by atoms with Crippen molar-refractivity contribution in [3.05, 3.63) is 53.6 Å². The summed E-state index contributed by atoms with van der Waals surface area (Å²) >= 11 is 6.31. The first-order valence-corrected chi connectivity index (χ1v) is 11.5. The molecule has 2 aliphatic rings. The number of hydrogen-bond donors (Lipinski definition) is 1. The average molecular weight is 429 g/mol. The molecule has 3 heterocycles. The number of halogens is 1. The van der Waals surface area contributed by atoms with Crippen LogP contribution < -0.4 is 5.32 Å². The van der Waals surface area contributed by atoms with Crippen molar-refractivity contribution in [1.82, 2.24) is 24.7 Å². The number of imidazole rings is 1. The highest BCUT2D eigenvalue weighted by Crippen LogP contribution is 2.29. The van der Waals surface area contributed by atoms with Gasteiger partial charge in [-0.15, -0.1) is 0 Å². The Morgan fingerprint density at radius 1 is 1.30 bits per heavy atom. The van der Waals surface area contributed by atoms with Crippen molar-refractivity contribution in [2.75, 3.05) is 39.8 Å². The van der Waals surface area contributed by atoms with Crippen molar-refractivity contribution in [2.24, 2.45) is 10.9 Å². The molecule has 2 fully saturated rings. The van der Waals surface area contributed by atoms with E-state index in [1.165, 1.54) is 18.4 Å². The summed E-state index contributed by atoms with van der Waals surface area (Å²) in [7, 11) is 1.89. The average Bonchev–Trinajstić information content (AvgIpc) is 3.46. The van der Waals surface area contributed by atoms with E-state index in [2.05, 4.69) is 61.0 Å². The SMILES string of the molecule is CN=C(NCC(c1cccc(Cl)c1)N1CCCC1)N1CCC(C)C(n2ccnc2)C1. The predicted octanol–water partition coefficient (Wildman–Crippen LogP) is 3.83. The summed E-state index contributed by atoms with van der Waals surface area (Å²) in [5.41, 5.74) is 1.27. The minimum absolute atomic E-state index is 0.302. The molecule has 0 aliphatic carbocycles. The smallest absolute Gasteiger partial charge is 0.193 e. The summed E-state index contributed by atoms with van der Waals surface area (Å²) in [6.07, 6.45) is 9.55. The maximum absolute atomic E-state index is 6.31. The Labute approximate surface area is 184 Å². The van der Waals surface area contributed by atoms with Gasteiger partial charge in [-0.1, -0.05) is 30.7 Å². The lowest BCUT2D eigenvalue weighted by Crippen LogP contribution is -2.50. The van der Waals surface area contributed by atoms with Gasteiger partial charge < -0.3 is 14.8 Å². The molecule has 4 rings (SSSR count). The number of aliphatic imine (C=N–C) groups is 1. The molecule has 0 bridgehead atoms. The van der Waals surface area contributed by atoms with Crippen LogP contribution in [0.4, 0.5) is 0 Å². The number of piperidine rings is 1. The van der Waals surface area contributed by atoms with Gasteiger partial charge in [0.1, 0.15) is 0 Å². The zero-order chi connectivity index (χ0) is 20.9. The highest BCUT2D eigenvalue weighted by molar-refractivity contribution is 6.30. The number of hydrogen-bond acceptors (Lipinski definition) is 3. The molecule has 1 aromatic carbocycles. The van der Waals surface area contributed by atoms with Crippen LogP contribution in [0.25, 0.3) is 0 Å². The van der Waals surface area contributed by atoms with Crippen molar-refractivity contribution in [2.45, 2.75) is 38.3 Å². The molecule has 2 saturated heterocycles. The van der Waals surface area contributed by atoms with Gasteiger partial charge in [0.2, 0.25) is 0 Å². The van der Waals surface area contributed by atoms with Crippen LogP contribution in [-0.2, 0) is 0 Å². The summed E-state index contributed by atoms with van der Waals surface area (Å²) in [6.45, 7) is 7.42. The zero-order valence-corrected chi connectivity index (χ0v) is 18.8. The maximum Gasteiger partial charge on any atom is 0.193 e. The van der Waals surface area contributed by atoms with E-state index in [1.807, 2.05) is 25.6 Å². The molecule has 7 heteroatoms. The van der Waals surface area contributed by atoms with E-state index in [4.69, 9.17) is 11.6 Å². The van der Waals surface area contributed by atoms with Crippen molar-refractivity contribution in [1.29, 1.82) is 0 Å². The Bertz CT molecular complexity index is 830. The first-order valence-electron chi connectivity index (χ1n) is 11.1. The van der Waals surface area contributed by atoms with Gasteiger partial charge in [-0.05, 0) is 56.0 Å². The minimum Gasteiger partial charge on any atom is -0.354 e. The Morgan fingerprint density at radius 3 is 2.83 bits per heavy atom. The van der Waals surface area contributed by atoms with Gasteiger partial charge in [0.15, 0.2) is 5.96 Å². The number of rotatable bonds is 5. The molecule has 30 heavy (non-hydrogen) atoms. The van der Waals surface area contributed by atoms with Crippen LogP contribution in [0.3, 0.4) is 0 Å². The molecular formula is C23H33ClN6. The highest BCUT2D eigenvalue weighted by Gasteiger charge is 2.30. The van der Waals surface area contributed by atoms with Crippen LogP contribution in [0, 0.1) is 5.92 Å². The Hall–Kier alpha value is -2.05. The van der Waals surface area contributed by atoms with Gasteiger partial charge in [0, 0.05) is 44.1 Å². The summed E-state index contributed by atoms with van der Waals surface area (Å²) < 4.78 is 2.24. The molecular weight excluding hydrogens is 396 g/mol. The molecule has 0 amide bonds. The fraction of sp³-hybridized carbons (Fsp3) is 0.565. The van der Waals surface area contributed by atoms with E-state index in [1.54, 1.807) is 0 Å². The van der Waals surface area contributed by atoms with E-state index >= 15 is 0 Å². The van der Waals surface area contributed by atoms with E-state index in [-0.39, 0.29) is 0 Å². The van der Waals surface area contributed by atoms with Crippen LogP contribution in [0.1, 0.15) is 43.8 Å². The fourth-order valence-corrected chi connectivity index (χ4v) is 5.04. The molecule has 0 radical (unpaired) electrons. The van der Waals surface area contributed by atoms with Crippen LogP contribution in [0.15, 0.2) is 48.0 Å². The van der Waals surface area contributed by atoms with Crippen molar-refractivity contribution in [3.8, 4) is 0 Å². The Balaban J connectivity index is 1.45. The van der Waals surface area contributed by atoms with Gasteiger partial charge in [-0.25, -0.2) is 4.98 Å². The summed E-state index contributed by atoms with van der Waals surface area (Å²) in [5, 5.41) is 4.48. The number of benzene rings is 1. The first kappa shape index (κ1) is 21.2. The highest BCUT2D eigenvalue weighted by atomic mass is 35.5. The number of nitrogens with one attached hydrogen (secondary N) is 1. The minimum atomic E-state index is 0.302. The second-order valence-corrected chi connectivity index (χ2v) is 8.97. The third kappa shape index (κ3) is 4.81. The van der Waals surface area contributed by atoms with Crippen LogP contribution in [-0.4, -0.2) is 65.1 Å². The number of aromatic nitrogens is 2. The Kier molecular flexibility index (Phi) is 6.95. The van der Waals surface area contributed by atoms with Crippen molar-refractivity contribution in [3.63, 3.8) is 0 Å². The van der Waals surface area contributed by atoms with Gasteiger partial charge >= 0.3 is 0 Å². The molecule has 162 valence electrons. The van der Waals surface area contributed by atoms with E-state index < -0.39 is 0 Å². The summed E-state index contributed by atoms with van der Waals surface area (Å²) in [6, 6.07) is 9.02. The van der Waals surface area contributed by atoms with Gasteiger partial charge in [-0.3, -0.25) is 9.89 Å². The maximum atomic E-state index is 6.31. The fourth-order valence-electron chi connectivity index (χ4n) is 4.84. The topological polar surface area (TPSA) is 48.7 Å². The second kappa shape index (κ2) is 9.84. The summed E-state index contributed by atoms with van der Waals surface area (Å²) in [4.78, 5) is 13.8. The third-order valence-electron chi connectivity index (χ3n) is 6.61. The van der Waals surface area contributed by atoms with Gasteiger partial charge in [-0.2, -0.15) is 0 Å². The largest absolute Gasteiger partial charge is 0.354 e. The van der Waals surface area contributed by atoms with Gasteiger partial charge in [0.25, 0.3) is 0 Å². The molecule has 2 aromatic rings. The normalized spacial score (nSPS) is 24.2. The molecule has 2 aliphatic heterocycles. The molecule has 0 saturated carbocycles. The van der Waals surface area contributed by atoms with Gasteiger partial charge in [0.05, 0.1) is 18.4 Å². The lowest BCUT2D eigenvalue weighted by molar-refractivity contribution is 0.186.